The van der Waals surface area contributed by atoms with Gasteiger partial charge >= 0.3 is 0 Å². The molecule has 0 fully saturated rings. The molecule has 19 heavy (non-hydrogen) atoms. The number of nitrogens with zero attached hydrogens (tertiary/aromatic N) is 3. The average molecular weight is 386 g/mol. The van der Waals surface area contributed by atoms with Crippen LogP contribution in [0.3, 0.4) is 0 Å². The third-order valence-corrected chi connectivity index (χ3v) is 3.74. The molecule has 0 unspecified atom stereocenters. The number of hydrogen-bond acceptors (Lipinski definition) is 3. The van der Waals surface area contributed by atoms with Crippen molar-refractivity contribution in [1.82, 2.24) is 14.5 Å². The topological polar surface area (TPSA) is 56.7 Å². The van der Waals surface area contributed by atoms with E-state index in [1.807, 2.05) is 6.07 Å². The maximum Gasteiger partial charge on any atom is 0.207 e. The molecule has 0 radical (unpaired) electrons. The van der Waals surface area contributed by atoms with E-state index in [1.165, 1.54) is 12.1 Å². The van der Waals surface area contributed by atoms with Crippen molar-refractivity contribution in [3.63, 3.8) is 0 Å². The van der Waals surface area contributed by atoms with E-state index in [2.05, 4.69) is 41.8 Å². The number of hydrogen-bond donors (Lipinski definition) is 1. The van der Waals surface area contributed by atoms with Gasteiger partial charge in [-0.15, -0.1) is 0 Å². The number of imidazole rings is 1. The Morgan fingerprint density at radius 1 is 1.21 bits per heavy atom. The lowest BCUT2D eigenvalue weighted by Crippen LogP contribution is -2.02. The van der Waals surface area contributed by atoms with E-state index in [9.17, 15) is 4.39 Å². The van der Waals surface area contributed by atoms with Crippen molar-refractivity contribution in [2.75, 3.05) is 5.73 Å². The molecule has 3 rings (SSSR count). The van der Waals surface area contributed by atoms with Gasteiger partial charge in [-0.1, -0.05) is 0 Å². The zero-order valence-electron chi connectivity index (χ0n) is 9.44. The fourth-order valence-corrected chi connectivity index (χ4v) is 2.60. The van der Waals surface area contributed by atoms with E-state index >= 15 is 0 Å². The Morgan fingerprint density at radius 3 is 2.79 bits per heavy atom. The normalized spacial score (nSPS) is 11.1. The van der Waals surface area contributed by atoms with Crippen molar-refractivity contribution < 1.29 is 4.39 Å². The highest BCUT2D eigenvalue weighted by atomic mass is 79.9. The van der Waals surface area contributed by atoms with Gasteiger partial charge in [0.05, 0.1) is 5.69 Å². The highest BCUT2D eigenvalue weighted by molar-refractivity contribution is 9.10. The van der Waals surface area contributed by atoms with E-state index in [1.54, 1.807) is 16.8 Å². The van der Waals surface area contributed by atoms with Gasteiger partial charge in [0, 0.05) is 15.1 Å². The molecule has 0 aliphatic heterocycles. The molecule has 3 aromatic rings. The largest absolute Gasteiger partial charge is 0.369 e. The number of halogens is 3. The van der Waals surface area contributed by atoms with Crippen LogP contribution in [-0.2, 0) is 0 Å². The predicted octanol–water partition coefficient (Wildman–Crippen LogP) is 3.67. The molecule has 7 heteroatoms. The summed E-state index contributed by atoms with van der Waals surface area (Å²) in [5, 5.41) is 0. The Morgan fingerprint density at radius 2 is 2.00 bits per heavy atom. The van der Waals surface area contributed by atoms with E-state index in [-0.39, 0.29) is 11.8 Å². The lowest BCUT2D eigenvalue weighted by atomic mass is 10.3. The average Bonchev–Trinajstić information content (AvgIpc) is 2.67. The second-order valence-electron chi connectivity index (χ2n) is 3.90. The zero-order valence-corrected chi connectivity index (χ0v) is 12.6. The smallest absolute Gasteiger partial charge is 0.207 e. The van der Waals surface area contributed by atoms with Crippen molar-refractivity contribution in [3.05, 3.63) is 45.2 Å². The minimum atomic E-state index is -0.350. The first kappa shape index (κ1) is 12.6. The van der Waals surface area contributed by atoms with Gasteiger partial charge in [0.1, 0.15) is 11.3 Å². The van der Waals surface area contributed by atoms with Crippen LogP contribution in [0.25, 0.3) is 16.9 Å². The van der Waals surface area contributed by atoms with E-state index in [4.69, 9.17) is 5.73 Å². The fourth-order valence-electron chi connectivity index (χ4n) is 1.85. The number of benzene rings is 1. The van der Waals surface area contributed by atoms with Crippen LogP contribution in [0.15, 0.2) is 39.4 Å². The Bertz CT molecular complexity index is 785. The van der Waals surface area contributed by atoms with Crippen molar-refractivity contribution in [2.24, 2.45) is 0 Å². The summed E-state index contributed by atoms with van der Waals surface area (Å²) in [5.41, 5.74) is 7.69. The molecule has 4 nitrogen and oxygen atoms in total. The van der Waals surface area contributed by atoms with Crippen molar-refractivity contribution in [2.45, 2.75) is 0 Å². The molecule has 0 spiro atoms. The first-order chi connectivity index (χ1) is 9.06. The predicted molar refractivity (Wildman–Crippen MR) is 78.6 cm³/mol. The van der Waals surface area contributed by atoms with E-state index < -0.39 is 0 Å². The van der Waals surface area contributed by atoms with Crippen LogP contribution in [0, 0.1) is 5.82 Å². The number of nitrogen functional groups attached to an aromatic ring is 1. The summed E-state index contributed by atoms with van der Waals surface area (Å²) in [6.45, 7) is 0. The Labute approximate surface area is 124 Å². The first-order valence-corrected chi connectivity index (χ1v) is 6.90. The minimum absolute atomic E-state index is 0.256. The van der Waals surface area contributed by atoms with Crippen LogP contribution >= 0.6 is 31.9 Å². The van der Waals surface area contributed by atoms with Gasteiger partial charge in [0.15, 0.2) is 5.65 Å². The monoisotopic (exact) mass is 384 g/mol. The summed E-state index contributed by atoms with van der Waals surface area (Å²) in [6, 6.07) is 6.18. The molecule has 0 amide bonds. The molecule has 96 valence electrons. The van der Waals surface area contributed by atoms with Crippen LogP contribution in [0.2, 0.25) is 0 Å². The van der Waals surface area contributed by atoms with Gasteiger partial charge in [-0.2, -0.15) is 0 Å². The van der Waals surface area contributed by atoms with Gasteiger partial charge in [-0.3, -0.25) is 4.57 Å². The van der Waals surface area contributed by atoms with Gasteiger partial charge in [-0.25, -0.2) is 14.4 Å². The second kappa shape index (κ2) is 4.57. The van der Waals surface area contributed by atoms with Gasteiger partial charge in [0.25, 0.3) is 0 Å². The Balaban J connectivity index is 2.36. The quantitative estimate of drug-likeness (QED) is 0.695. The number of pyridine rings is 1. The molecule has 2 heterocycles. The number of aromatic nitrogens is 3. The van der Waals surface area contributed by atoms with Gasteiger partial charge < -0.3 is 5.73 Å². The first-order valence-electron chi connectivity index (χ1n) is 5.31. The molecule has 2 N–H and O–H groups in total. The maximum absolute atomic E-state index is 13.4. The Kier molecular flexibility index (Phi) is 3.02. The van der Waals surface area contributed by atoms with Crippen LogP contribution < -0.4 is 5.73 Å². The van der Waals surface area contributed by atoms with Gasteiger partial charge in [0.2, 0.25) is 5.95 Å². The highest BCUT2D eigenvalue weighted by Crippen LogP contribution is 2.28. The summed E-state index contributed by atoms with van der Waals surface area (Å²) in [4.78, 5) is 8.51. The fraction of sp³-hybridized carbons (Fsp3) is 0. The molecular formula is C12H7Br2FN4. The number of anilines is 1. The number of fused-ring (bicyclic) bond motifs is 1. The molecule has 0 atom stereocenters. The minimum Gasteiger partial charge on any atom is -0.369 e. The van der Waals surface area contributed by atoms with Crippen molar-refractivity contribution in [1.29, 1.82) is 0 Å². The third kappa shape index (κ3) is 2.12. The second-order valence-corrected chi connectivity index (χ2v) is 5.67. The number of rotatable bonds is 1. The molecule has 0 saturated heterocycles. The standard InChI is InChI=1S/C12H7Br2FN4/c13-6-3-9-11(17-5-6)19(12(16)18-9)10-4-7(15)1-2-8(10)14/h1-5H,(H2,16,18). The molecule has 0 aliphatic carbocycles. The molecular weight excluding hydrogens is 379 g/mol. The van der Waals surface area contributed by atoms with Crippen LogP contribution in [0.5, 0.6) is 0 Å². The lowest BCUT2D eigenvalue weighted by Gasteiger charge is -2.08. The maximum atomic E-state index is 13.4. The number of nitrogens with two attached hydrogens (primary N) is 1. The molecule has 2 aromatic heterocycles. The van der Waals surface area contributed by atoms with E-state index in [0.717, 1.165) is 4.47 Å². The highest BCUT2D eigenvalue weighted by Gasteiger charge is 2.14. The van der Waals surface area contributed by atoms with Crippen molar-refractivity contribution >= 4 is 49.0 Å². The third-order valence-electron chi connectivity index (χ3n) is 2.64. The van der Waals surface area contributed by atoms with Gasteiger partial charge in [-0.05, 0) is 56.1 Å². The summed E-state index contributed by atoms with van der Waals surface area (Å²) in [7, 11) is 0. The van der Waals surface area contributed by atoms with Crippen LogP contribution in [-0.4, -0.2) is 14.5 Å². The summed E-state index contributed by atoms with van der Waals surface area (Å²) in [5.74, 6) is -0.0940. The van der Waals surface area contributed by atoms with Crippen molar-refractivity contribution in [3.8, 4) is 5.69 Å². The summed E-state index contributed by atoms with van der Waals surface area (Å²) < 4.78 is 16.5. The Hall–Kier alpha value is -1.47. The van der Waals surface area contributed by atoms with E-state index in [0.29, 0.717) is 21.3 Å². The SMILES string of the molecule is Nc1nc2cc(Br)cnc2n1-c1cc(F)ccc1Br. The summed E-state index contributed by atoms with van der Waals surface area (Å²) in [6.07, 6.45) is 1.65. The molecule has 0 bridgehead atoms. The zero-order chi connectivity index (χ0) is 13.6. The van der Waals surface area contributed by atoms with Crippen LogP contribution in [0.4, 0.5) is 10.3 Å². The molecule has 1 aromatic carbocycles. The molecule has 0 saturated carbocycles. The van der Waals surface area contributed by atoms with Crippen LogP contribution in [0.1, 0.15) is 0 Å². The summed E-state index contributed by atoms with van der Waals surface area (Å²) >= 11 is 6.71. The lowest BCUT2D eigenvalue weighted by molar-refractivity contribution is 0.626. The molecule has 0 aliphatic rings.